The number of fused-ring (bicyclic) bond motifs is 1. The van der Waals surface area contributed by atoms with E-state index in [9.17, 15) is 0 Å². The van der Waals surface area contributed by atoms with E-state index in [1.54, 1.807) is 0 Å². The molecule has 2 rings (SSSR count). The predicted molar refractivity (Wildman–Crippen MR) is 71.9 cm³/mol. The van der Waals surface area contributed by atoms with Gasteiger partial charge in [-0.15, -0.1) is 0 Å². The molecule has 3 heteroatoms. The molecule has 0 spiro atoms. The van der Waals surface area contributed by atoms with Crippen LogP contribution in [0.5, 0.6) is 0 Å². The minimum Gasteiger partial charge on any atom is -0.330 e. The van der Waals surface area contributed by atoms with E-state index in [2.05, 4.69) is 48.5 Å². The van der Waals surface area contributed by atoms with Crippen molar-refractivity contribution in [2.45, 2.75) is 33.7 Å². The number of aromatic nitrogens is 2. The first-order valence-corrected chi connectivity index (χ1v) is 6.15. The minimum atomic E-state index is 0.192. The summed E-state index contributed by atoms with van der Waals surface area (Å²) in [6, 6.07) is 8.29. The number of nitrogens with zero attached hydrogens (tertiary/aromatic N) is 2. The Morgan fingerprint density at radius 1 is 1.29 bits per heavy atom. The van der Waals surface area contributed by atoms with E-state index >= 15 is 0 Å². The molecule has 0 aliphatic carbocycles. The molecule has 1 aromatic heterocycles. The van der Waals surface area contributed by atoms with Gasteiger partial charge in [-0.05, 0) is 37.4 Å². The molecule has 0 saturated heterocycles. The topological polar surface area (TPSA) is 43.8 Å². The van der Waals surface area contributed by atoms with Gasteiger partial charge in [0.2, 0.25) is 0 Å². The van der Waals surface area contributed by atoms with Crippen molar-refractivity contribution in [3.05, 3.63) is 30.1 Å². The summed E-state index contributed by atoms with van der Waals surface area (Å²) >= 11 is 0. The van der Waals surface area contributed by atoms with Crippen LogP contribution in [0, 0.1) is 12.3 Å². The van der Waals surface area contributed by atoms with Crippen molar-refractivity contribution in [1.29, 1.82) is 0 Å². The van der Waals surface area contributed by atoms with E-state index in [4.69, 9.17) is 5.73 Å². The molecule has 2 N–H and O–H groups in total. The van der Waals surface area contributed by atoms with E-state index in [-0.39, 0.29) is 5.41 Å². The summed E-state index contributed by atoms with van der Waals surface area (Å²) < 4.78 is 2.28. The molecule has 3 nitrogen and oxygen atoms in total. The first-order valence-electron chi connectivity index (χ1n) is 6.15. The van der Waals surface area contributed by atoms with Crippen LogP contribution >= 0.6 is 0 Å². The Hall–Kier alpha value is -1.35. The van der Waals surface area contributed by atoms with Gasteiger partial charge in [0.1, 0.15) is 5.82 Å². The lowest BCUT2D eigenvalue weighted by atomic mass is 9.89. The monoisotopic (exact) mass is 231 g/mol. The van der Waals surface area contributed by atoms with Gasteiger partial charge in [-0.2, -0.15) is 0 Å². The highest BCUT2D eigenvalue weighted by Crippen LogP contribution is 2.22. The Bertz CT molecular complexity index is 511. The number of para-hydroxylation sites is 2. The highest BCUT2D eigenvalue weighted by Gasteiger charge is 2.16. The van der Waals surface area contributed by atoms with Crippen molar-refractivity contribution in [2.24, 2.45) is 11.1 Å². The lowest BCUT2D eigenvalue weighted by Crippen LogP contribution is -2.25. The third kappa shape index (κ3) is 2.50. The normalized spacial score (nSPS) is 12.2. The van der Waals surface area contributed by atoms with Crippen LogP contribution in [0.3, 0.4) is 0 Å². The standard InChI is InChI=1S/C14H21N3/c1-11-16-12-6-4-5-7-13(12)17(11)9-8-14(2,3)10-15/h4-7H,8-10,15H2,1-3H3. The zero-order valence-corrected chi connectivity index (χ0v) is 10.9. The Morgan fingerprint density at radius 3 is 2.71 bits per heavy atom. The highest BCUT2D eigenvalue weighted by atomic mass is 15.1. The summed E-state index contributed by atoms with van der Waals surface area (Å²) in [6.45, 7) is 8.19. The van der Waals surface area contributed by atoms with Crippen molar-refractivity contribution in [2.75, 3.05) is 6.54 Å². The number of rotatable bonds is 4. The maximum Gasteiger partial charge on any atom is 0.106 e. The fraction of sp³-hybridized carbons (Fsp3) is 0.500. The molecule has 0 aliphatic heterocycles. The van der Waals surface area contributed by atoms with Crippen molar-refractivity contribution in [3.8, 4) is 0 Å². The molecule has 0 unspecified atom stereocenters. The average molecular weight is 231 g/mol. The summed E-state index contributed by atoms with van der Waals surface area (Å²) in [4.78, 5) is 4.57. The van der Waals surface area contributed by atoms with Gasteiger partial charge < -0.3 is 10.3 Å². The molecule has 0 atom stereocenters. The molecule has 1 heterocycles. The zero-order chi connectivity index (χ0) is 12.5. The molecule has 17 heavy (non-hydrogen) atoms. The zero-order valence-electron chi connectivity index (χ0n) is 10.9. The molecule has 0 saturated carbocycles. The minimum absolute atomic E-state index is 0.192. The highest BCUT2D eigenvalue weighted by molar-refractivity contribution is 5.75. The SMILES string of the molecule is Cc1nc2ccccc2n1CCC(C)(C)CN. The number of benzene rings is 1. The van der Waals surface area contributed by atoms with E-state index in [1.807, 2.05) is 6.07 Å². The lowest BCUT2D eigenvalue weighted by molar-refractivity contribution is 0.325. The van der Waals surface area contributed by atoms with Gasteiger partial charge in [0.25, 0.3) is 0 Å². The Kier molecular flexibility index (Phi) is 3.20. The second kappa shape index (κ2) is 4.49. The van der Waals surface area contributed by atoms with E-state index < -0.39 is 0 Å². The first-order chi connectivity index (χ1) is 8.03. The van der Waals surface area contributed by atoms with E-state index in [0.717, 1.165) is 30.9 Å². The summed E-state index contributed by atoms with van der Waals surface area (Å²) in [6.07, 6.45) is 1.07. The van der Waals surface area contributed by atoms with Gasteiger partial charge in [-0.3, -0.25) is 0 Å². The van der Waals surface area contributed by atoms with Crippen LogP contribution in [0.1, 0.15) is 26.1 Å². The summed E-state index contributed by atoms with van der Waals surface area (Å²) in [7, 11) is 0. The van der Waals surface area contributed by atoms with Gasteiger partial charge in [0.15, 0.2) is 0 Å². The van der Waals surface area contributed by atoms with Crippen LogP contribution < -0.4 is 5.73 Å². The maximum atomic E-state index is 5.77. The Labute approximate surface area is 103 Å². The third-order valence-electron chi connectivity index (χ3n) is 3.41. The summed E-state index contributed by atoms with van der Waals surface area (Å²) in [5, 5.41) is 0. The van der Waals surface area contributed by atoms with Crippen LogP contribution in [-0.2, 0) is 6.54 Å². The molecule has 92 valence electrons. The predicted octanol–water partition coefficient (Wildman–Crippen LogP) is 2.72. The lowest BCUT2D eigenvalue weighted by Gasteiger charge is -2.22. The number of aryl methyl sites for hydroxylation is 2. The number of imidazole rings is 1. The second-order valence-electron chi connectivity index (χ2n) is 5.42. The molecule has 0 bridgehead atoms. The quantitative estimate of drug-likeness (QED) is 0.879. The summed E-state index contributed by atoms with van der Waals surface area (Å²) in [5.41, 5.74) is 8.26. The molecule has 0 amide bonds. The molecular weight excluding hydrogens is 210 g/mol. The Morgan fingerprint density at radius 2 is 2.00 bits per heavy atom. The molecule has 0 fully saturated rings. The average Bonchev–Trinajstić information content (AvgIpc) is 2.62. The van der Waals surface area contributed by atoms with Crippen LogP contribution in [0.15, 0.2) is 24.3 Å². The second-order valence-corrected chi connectivity index (χ2v) is 5.42. The van der Waals surface area contributed by atoms with Crippen molar-refractivity contribution >= 4 is 11.0 Å². The molecule has 2 aromatic rings. The number of hydrogen-bond donors (Lipinski definition) is 1. The smallest absolute Gasteiger partial charge is 0.106 e. The molecule has 0 radical (unpaired) electrons. The van der Waals surface area contributed by atoms with Crippen LogP contribution in [0.4, 0.5) is 0 Å². The van der Waals surface area contributed by atoms with Gasteiger partial charge in [-0.1, -0.05) is 26.0 Å². The molecule has 0 aliphatic rings. The van der Waals surface area contributed by atoms with E-state index in [0.29, 0.717) is 0 Å². The van der Waals surface area contributed by atoms with Crippen LogP contribution in [-0.4, -0.2) is 16.1 Å². The van der Waals surface area contributed by atoms with Crippen LogP contribution in [0.2, 0.25) is 0 Å². The van der Waals surface area contributed by atoms with Gasteiger partial charge in [0, 0.05) is 6.54 Å². The van der Waals surface area contributed by atoms with Gasteiger partial charge in [-0.25, -0.2) is 4.98 Å². The largest absolute Gasteiger partial charge is 0.330 e. The van der Waals surface area contributed by atoms with Crippen molar-refractivity contribution < 1.29 is 0 Å². The number of nitrogens with two attached hydrogens (primary N) is 1. The van der Waals surface area contributed by atoms with Crippen molar-refractivity contribution in [3.63, 3.8) is 0 Å². The molecule has 1 aromatic carbocycles. The van der Waals surface area contributed by atoms with E-state index in [1.165, 1.54) is 5.52 Å². The first kappa shape index (κ1) is 12.1. The molecular formula is C14H21N3. The van der Waals surface area contributed by atoms with Crippen molar-refractivity contribution in [1.82, 2.24) is 9.55 Å². The fourth-order valence-electron chi connectivity index (χ4n) is 1.99. The summed E-state index contributed by atoms with van der Waals surface area (Å²) in [5.74, 6) is 1.08. The van der Waals surface area contributed by atoms with Crippen LogP contribution in [0.25, 0.3) is 11.0 Å². The van der Waals surface area contributed by atoms with Gasteiger partial charge in [0.05, 0.1) is 11.0 Å². The maximum absolute atomic E-state index is 5.77. The Balaban J connectivity index is 2.27. The van der Waals surface area contributed by atoms with Gasteiger partial charge >= 0.3 is 0 Å². The number of hydrogen-bond acceptors (Lipinski definition) is 2. The third-order valence-corrected chi connectivity index (χ3v) is 3.41. The fourth-order valence-corrected chi connectivity index (χ4v) is 1.99.